The standard InChI is InChI=1S/C15H12N2O3/c1-20-12-7-3-2-5-10(12)9-17-14(18)11-6-4-8-16-13(11)15(17)19/h2-8H,9H2,1H3. The lowest BCUT2D eigenvalue weighted by molar-refractivity contribution is 0.0639. The minimum Gasteiger partial charge on any atom is -0.496 e. The van der Waals surface area contributed by atoms with E-state index in [4.69, 9.17) is 4.74 Å². The Labute approximate surface area is 115 Å². The second kappa shape index (κ2) is 4.77. The van der Waals surface area contributed by atoms with E-state index in [1.807, 2.05) is 18.2 Å². The zero-order valence-electron chi connectivity index (χ0n) is 10.9. The van der Waals surface area contributed by atoms with E-state index in [2.05, 4.69) is 4.98 Å². The molecule has 0 bridgehead atoms. The highest BCUT2D eigenvalue weighted by Crippen LogP contribution is 2.25. The van der Waals surface area contributed by atoms with Crippen molar-refractivity contribution in [3.05, 3.63) is 59.4 Å². The lowest BCUT2D eigenvalue weighted by Crippen LogP contribution is -2.29. The first-order valence-electron chi connectivity index (χ1n) is 6.15. The third-order valence-electron chi connectivity index (χ3n) is 3.25. The molecule has 5 nitrogen and oxygen atoms in total. The molecule has 0 fully saturated rings. The minimum absolute atomic E-state index is 0.179. The summed E-state index contributed by atoms with van der Waals surface area (Å²) in [4.78, 5) is 29.6. The van der Waals surface area contributed by atoms with Gasteiger partial charge in [-0.25, -0.2) is 0 Å². The van der Waals surface area contributed by atoms with Crippen LogP contribution in [-0.4, -0.2) is 28.8 Å². The third-order valence-corrected chi connectivity index (χ3v) is 3.25. The maximum atomic E-state index is 12.2. The molecule has 2 heterocycles. The lowest BCUT2D eigenvalue weighted by Gasteiger charge is -2.15. The second-order valence-corrected chi connectivity index (χ2v) is 4.41. The number of carbonyl (C=O) groups is 2. The number of hydrogen-bond donors (Lipinski definition) is 0. The van der Waals surface area contributed by atoms with Gasteiger partial charge in [0, 0.05) is 11.8 Å². The van der Waals surface area contributed by atoms with Gasteiger partial charge in [0.2, 0.25) is 0 Å². The van der Waals surface area contributed by atoms with Crippen molar-refractivity contribution < 1.29 is 14.3 Å². The number of hydrogen-bond acceptors (Lipinski definition) is 4. The van der Waals surface area contributed by atoms with Crippen LogP contribution in [0.15, 0.2) is 42.6 Å². The Morgan fingerprint density at radius 3 is 2.65 bits per heavy atom. The van der Waals surface area contributed by atoms with E-state index in [-0.39, 0.29) is 24.1 Å². The van der Waals surface area contributed by atoms with Crippen molar-refractivity contribution in [3.8, 4) is 5.75 Å². The molecule has 5 heteroatoms. The zero-order valence-corrected chi connectivity index (χ0v) is 10.9. The summed E-state index contributed by atoms with van der Waals surface area (Å²) in [5, 5.41) is 0. The summed E-state index contributed by atoms with van der Waals surface area (Å²) < 4.78 is 5.24. The van der Waals surface area contributed by atoms with Crippen LogP contribution in [0.4, 0.5) is 0 Å². The first-order valence-corrected chi connectivity index (χ1v) is 6.15. The normalized spacial score (nSPS) is 13.6. The number of rotatable bonds is 3. The fraction of sp³-hybridized carbons (Fsp3) is 0.133. The van der Waals surface area contributed by atoms with Gasteiger partial charge in [0.25, 0.3) is 11.8 Å². The molecule has 2 amide bonds. The van der Waals surface area contributed by atoms with Gasteiger partial charge in [-0.15, -0.1) is 0 Å². The van der Waals surface area contributed by atoms with Crippen molar-refractivity contribution in [3.63, 3.8) is 0 Å². The predicted octanol–water partition coefficient (Wildman–Crippen LogP) is 1.89. The minimum atomic E-state index is -0.364. The van der Waals surface area contributed by atoms with Gasteiger partial charge in [0.15, 0.2) is 0 Å². The van der Waals surface area contributed by atoms with Crippen LogP contribution in [0.25, 0.3) is 0 Å². The topological polar surface area (TPSA) is 59.5 Å². The van der Waals surface area contributed by atoms with Crippen molar-refractivity contribution in [1.82, 2.24) is 9.88 Å². The first kappa shape index (κ1) is 12.3. The van der Waals surface area contributed by atoms with Crippen LogP contribution in [0.5, 0.6) is 5.75 Å². The third kappa shape index (κ3) is 1.84. The molecule has 0 aliphatic carbocycles. The van der Waals surface area contributed by atoms with Crippen LogP contribution in [0.3, 0.4) is 0 Å². The SMILES string of the molecule is COc1ccccc1CN1C(=O)c2cccnc2C1=O. The van der Waals surface area contributed by atoms with E-state index in [1.54, 1.807) is 25.3 Å². The Kier molecular flexibility index (Phi) is 2.95. The second-order valence-electron chi connectivity index (χ2n) is 4.41. The number of pyridine rings is 1. The molecule has 0 radical (unpaired) electrons. The Balaban J connectivity index is 1.94. The number of methoxy groups -OCH3 is 1. The number of aromatic nitrogens is 1. The number of benzene rings is 1. The van der Waals surface area contributed by atoms with Crippen molar-refractivity contribution in [2.45, 2.75) is 6.54 Å². The summed E-state index contributed by atoms with van der Waals surface area (Å²) in [6.45, 7) is 0.179. The number of amides is 2. The van der Waals surface area contributed by atoms with Crippen LogP contribution >= 0.6 is 0 Å². The van der Waals surface area contributed by atoms with E-state index in [0.717, 1.165) is 5.56 Å². The quantitative estimate of drug-likeness (QED) is 0.797. The number of imide groups is 1. The van der Waals surface area contributed by atoms with Gasteiger partial charge < -0.3 is 4.74 Å². The summed E-state index contributed by atoms with van der Waals surface area (Å²) in [6.07, 6.45) is 1.51. The molecule has 0 saturated heterocycles. The molecule has 1 aromatic carbocycles. The van der Waals surface area contributed by atoms with Gasteiger partial charge in [-0.05, 0) is 18.2 Å². The van der Waals surface area contributed by atoms with Gasteiger partial charge >= 0.3 is 0 Å². The molecule has 0 atom stereocenters. The maximum absolute atomic E-state index is 12.2. The molecule has 20 heavy (non-hydrogen) atoms. The van der Waals surface area contributed by atoms with Crippen molar-refractivity contribution in [2.75, 3.05) is 7.11 Å². The van der Waals surface area contributed by atoms with Gasteiger partial charge in [-0.1, -0.05) is 18.2 Å². The molecule has 0 unspecified atom stereocenters. The van der Waals surface area contributed by atoms with E-state index in [9.17, 15) is 9.59 Å². The Hall–Kier alpha value is -2.69. The van der Waals surface area contributed by atoms with Gasteiger partial charge in [0.1, 0.15) is 11.4 Å². The van der Waals surface area contributed by atoms with E-state index >= 15 is 0 Å². The van der Waals surface area contributed by atoms with E-state index in [1.165, 1.54) is 11.1 Å². The van der Waals surface area contributed by atoms with Crippen molar-refractivity contribution in [2.24, 2.45) is 0 Å². The van der Waals surface area contributed by atoms with E-state index in [0.29, 0.717) is 11.3 Å². The number of carbonyl (C=O) groups excluding carboxylic acids is 2. The molecule has 3 rings (SSSR count). The monoisotopic (exact) mass is 268 g/mol. The average molecular weight is 268 g/mol. The Morgan fingerprint density at radius 2 is 1.90 bits per heavy atom. The summed E-state index contributed by atoms with van der Waals surface area (Å²) in [7, 11) is 1.56. The van der Waals surface area contributed by atoms with Gasteiger partial charge in [0.05, 0.1) is 19.2 Å². The molecule has 100 valence electrons. The number of ether oxygens (including phenoxy) is 1. The van der Waals surface area contributed by atoms with Crippen LogP contribution in [-0.2, 0) is 6.54 Å². The highest BCUT2D eigenvalue weighted by atomic mass is 16.5. The van der Waals surface area contributed by atoms with Crippen LogP contribution < -0.4 is 4.74 Å². The average Bonchev–Trinajstić information content (AvgIpc) is 2.73. The molecule has 0 N–H and O–H groups in total. The number of nitrogens with zero attached hydrogens (tertiary/aromatic N) is 2. The fourth-order valence-corrected chi connectivity index (χ4v) is 2.26. The molecule has 0 saturated carbocycles. The molecule has 1 aliphatic heterocycles. The first-order chi connectivity index (χ1) is 9.72. The summed E-state index contributed by atoms with van der Waals surface area (Å²) >= 11 is 0. The smallest absolute Gasteiger partial charge is 0.280 e. The van der Waals surface area contributed by atoms with Crippen LogP contribution in [0.1, 0.15) is 26.4 Å². The number of para-hydroxylation sites is 1. The largest absolute Gasteiger partial charge is 0.496 e. The predicted molar refractivity (Wildman–Crippen MR) is 71.4 cm³/mol. The Bertz CT molecular complexity index is 662. The molecule has 1 aromatic heterocycles. The van der Waals surface area contributed by atoms with Crippen molar-refractivity contribution in [1.29, 1.82) is 0 Å². The summed E-state index contributed by atoms with van der Waals surface area (Å²) in [5.41, 5.74) is 1.35. The van der Waals surface area contributed by atoms with Crippen LogP contribution in [0, 0.1) is 0 Å². The maximum Gasteiger partial charge on any atom is 0.280 e. The molecular weight excluding hydrogens is 256 g/mol. The number of fused-ring (bicyclic) bond motifs is 1. The summed E-state index contributed by atoms with van der Waals surface area (Å²) in [6, 6.07) is 10.6. The van der Waals surface area contributed by atoms with Gasteiger partial charge in [-0.2, -0.15) is 0 Å². The van der Waals surface area contributed by atoms with Gasteiger partial charge in [-0.3, -0.25) is 19.5 Å². The molecule has 2 aromatic rings. The van der Waals surface area contributed by atoms with E-state index < -0.39 is 0 Å². The lowest BCUT2D eigenvalue weighted by atomic mass is 10.2. The van der Waals surface area contributed by atoms with Crippen molar-refractivity contribution >= 4 is 11.8 Å². The fourth-order valence-electron chi connectivity index (χ4n) is 2.26. The zero-order chi connectivity index (χ0) is 14.1. The highest BCUT2D eigenvalue weighted by Gasteiger charge is 2.36. The molecule has 0 spiro atoms. The summed E-state index contributed by atoms with van der Waals surface area (Å²) in [5.74, 6) is -0.0301. The highest BCUT2D eigenvalue weighted by molar-refractivity contribution is 6.20. The van der Waals surface area contributed by atoms with Crippen LogP contribution in [0.2, 0.25) is 0 Å². The molecular formula is C15H12N2O3. The Morgan fingerprint density at radius 1 is 1.10 bits per heavy atom. The molecule has 1 aliphatic rings.